The number of benzene rings is 1. The first-order chi connectivity index (χ1) is 14.8. The van der Waals surface area contributed by atoms with Gasteiger partial charge in [0.25, 0.3) is 0 Å². The molecule has 1 heterocycles. The smallest absolute Gasteiger partial charge is 0 e. The van der Waals surface area contributed by atoms with E-state index in [0.29, 0.717) is 18.2 Å². The SMILES string of the molecule is COCCN1C(c2cccc(Br)c2)N(CCOC)[C@@H]2CCCC[C@H]21.[C-]#[O+].[C-]#[O+].[C-]#[O+].[Cr]. The normalized spacial score (nSPS) is 20.3. The van der Waals surface area contributed by atoms with Crippen LogP contribution >= 0.6 is 15.9 Å². The molecule has 1 aliphatic heterocycles. The minimum Gasteiger partial charge on any atom is 0 e. The average Bonchev–Trinajstić information content (AvgIpc) is 3.13. The number of rotatable bonds is 7. The van der Waals surface area contributed by atoms with Crippen molar-refractivity contribution in [3.05, 3.63) is 54.3 Å². The van der Waals surface area contributed by atoms with Gasteiger partial charge in [0.05, 0.1) is 19.4 Å². The van der Waals surface area contributed by atoms with Crippen LogP contribution < -0.4 is 0 Å². The number of hydrogen-bond donors (Lipinski definition) is 0. The van der Waals surface area contributed by atoms with Crippen LogP contribution in [0, 0.1) is 20.0 Å². The van der Waals surface area contributed by atoms with Crippen molar-refractivity contribution in [3.8, 4) is 0 Å². The largest absolute Gasteiger partial charge is 0 e. The Balaban J connectivity index is 0. The first kappa shape index (κ1) is 32.5. The number of fused-ring (bicyclic) bond motifs is 1. The molecule has 0 aromatic heterocycles. The van der Waals surface area contributed by atoms with Gasteiger partial charge < -0.3 is 9.47 Å². The molecule has 2 atom stereocenters. The van der Waals surface area contributed by atoms with Crippen LogP contribution in [-0.2, 0) is 40.8 Å². The van der Waals surface area contributed by atoms with Gasteiger partial charge in [-0.2, -0.15) is 0 Å². The minimum absolute atomic E-state index is 0. The molecular weight excluding hydrogens is 504 g/mol. The van der Waals surface area contributed by atoms with Crippen LogP contribution in [0.25, 0.3) is 0 Å². The molecular formula is C22H29BrCrN2O5. The van der Waals surface area contributed by atoms with E-state index < -0.39 is 0 Å². The van der Waals surface area contributed by atoms with E-state index in [1.807, 2.05) is 0 Å². The predicted molar refractivity (Wildman–Crippen MR) is 112 cm³/mol. The molecule has 1 aromatic carbocycles. The third-order valence-electron chi connectivity index (χ3n) is 5.43. The van der Waals surface area contributed by atoms with Crippen molar-refractivity contribution < 1.29 is 40.8 Å². The molecule has 3 rings (SSSR count). The van der Waals surface area contributed by atoms with E-state index in [9.17, 15) is 0 Å². The van der Waals surface area contributed by atoms with Crippen LogP contribution in [0.4, 0.5) is 0 Å². The van der Waals surface area contributed by atoms with E-state index in [4.69, 9.17) is 23.4 Å². The van der Waals surface area contributed by atoms with E-state index in [1.165, 1.54) is 31.2 Å². The van der Waals surface area contributed by atoms with Crippen LogP contribution in [0.1, 0.15) is 37.4 Å². The fraction of sp³-hybridized carbons (Fsp3) is 0.591. The Morgan fingerprint density at radius 2 is 1.35 bits per heavy atom. The molecule has 1 aromatic rings. The summed E-state index contributed by atoms with van der Waals surface area (Å²) >= 11 is 3.64. The molecule has 2 aliphatic rings. The quantitative estimate of drug-likeness (QED) is 0.397. The van der Waals surface area contributed by atoms with Crippen molar-refractivity contribution >= 4 is 15.9 Å². The maximum Gasteiger partial charge on any atom is 0 e. The van der Waals surface area contributed by atoms with E-state index >= 15 is 0 Å². The Morgan fingerprint density at radius 3 is 1.74 bits per heavy atom. The van der Waals surface area contributed by atoms with Gasteiger partial charge in [0.2, 0.25) is 0 Å². The van der Waals surface area contributed by atoms with Crippen molar-refractivity contribution in [1.82, 2.24) is 9.80 Å². The zero-order valence-corrected chi connectivity index (χ0v) is 20.8. The number of ether oxygens (including phenoxy) is 2. The van der Waals surface area contributed by atoms with Crippen LogP contribution in [-0.4, -0.2) is 62.4 Å². The zero-order valence-electron chi connectivity index (χ0n) is 17.9. The number of halogens is 1. The topological polar surface area (TPSA) is 84.6 Å². The van der Waals surface area contributed by atoms with E-state index in [0.717, 1.165) is 30.8 Å². The van der Waals surface area contributed by atoms with Crippen molar-refractivity contribution in [2.75, 3.05) is 40.5 Å². The Kier molecular flexibility index (Phi) is 20.9. The van der Waals surface area contributed by atoms with Crippen LogP contribution in [0.5, 0.6) is 0 Å². The van der Waals surface area contributed by atoms with Gasteiger partial charge in [-0.15, -0.1) is 0 Å². The summed E-state index contributed by atoms with van der Waals surface area (Å²) in [7, 11) is 3.59. The molecule has 2 fully saturated rings. The Bertz CT molecular complexity index is 620. The van der Waals surface area contributed by atoms with E-state index in [2.05, 4.69) is 69.9 Å². The van der Waals surface area contributed by atoms with Crippen molar-refractivity contribution in [1.29, 1.82) is 0 Å². The summed E-state index contributed by atoms with van der Waals surface area (Å²) in [6.07, 6.45) is 5.59. The molecule has 9 heteroatoms. The zero-order chi connectivity index (χ0) is 22.9. The van der Waals surface area contributed by atoms with Gasteiger partial charge in [-0.05, 0) is 30.5 Å². The van der Waals surface area contributed by atoms with E-state index in [-0.39, 0.29) is 17.4 Å². The molecule has 0 amide bonds. The second-order valence-electron chi connectivity index (χ2n) is 6.81. The Morgan fingerprint density at radius 1 is 0.903 bits per heavy atom. The Hall–Kier alpha value is -0.708. The number of methoxy groups -OCH3 is 2. The monoisotopic (exact) mass is 532 g/mol. The summed E-state index contributed by atoms with van der Waals surface area (Å²) in [5, 5.41) is 0. The Labute approximate surface area is 204 Å². The molecule has 7 nitrogen and oxygen atoms in total. The fourth-order valence-corrected chi connectivity index (χ4v) is 4.86. The molecule has 31 heavy (non-hydrogen) atoms. The van der Waals surface area contributed by atoms with Gasteiger partial charge in [-0.1, -0.05) is 40.9 Å². The molecule has 0 bridgehead atoms. The van der Waals surface area contributed by atoms with Crippen molar-refractivity contribution in [2.24, 2.45) is 0 Å². The summed E-state index contributed by atoms with van der Waals surface area (Å²) in [5.74, 6) is 0. The van der Waals surface area contributed by atoms with Crippen LogP contribution in [0.2, 0.25) is 0 Å². The third kappa shape index (κ3) is 9.36. The van der Waals surface area contributed by atoms with Crippen LogP contribution in [0.3, 0.4) is 0 Å². The summed E-state index contributed by atoms with van der Waals surface area (Å²) in [6, 6.07) is 10.0. The number of hydrogen-bond acceptors (Lipinski definition) is 4. The number of nitrogens with zero attached hydrogens (tertiary/aromatic N) is 2. The molecule has 1 saturated heterocycles. The summed E-state index contributed by atoms with van der Waals surface area (Å²) in [5.41, 5.74) is 1.37. The molecule has 1 saturated carbocycles. The van der Waals surface area contributed by atoms with Gasteiger partial charge in [0, 0.05) is 61.2 Å². The molecule has 0 spiro atoms. The maximum absolute atomic E-state index is 7.50. The molecule has 170 valence electrons. The fourth-order valence-electron chi connectivity index (χ4n) is 4.44. The van der Waals surface area contributed by atoms with Gasteiger partial charge >= 0.3 is 33.9 Å². The van der Waals surface area contributed by atoms with Gasteiger partial charge in [0.1, 0.15) is 0 Å². The first-order valence-corrected chi connectivity index (χ1v) is 10.4. The predicted octanol–water partition coefficient (Wildman–Crippen LogP) is 3.55. The molecule has 1 aliphatic carbocycles. The standard InChI is InChI=1S/C19H29BrN2O2.3CO.Cr/c1-23-12-10-21-17-8-3-4-9-18(17)22(11-13-24-2)19(21)15-6-5-7-16(20)14-15;3*1-2;/h5-7,14,17-19H,3-4,8-13H2,1-2H3;;;;/t17-,18-;;;;/m1..../s1. The third-order valence-corrected chi connectivity index (χ3v) is 5.92. The van der Waals surface area contributed by atoms with Gasteiger partial charge in [-0.3, -0.25) is 9.80 Å². The van der Waals surface area contributed by atoms with Gasteiger partial charge in [-0.25, -0.2) is 0 Å². The van der Waals surface area contributed by atoms with Gasteiger partial charge in [0.15, 0.2) is 0 Å². The van der Waals surface area contributed by atoms with E-state index in [1.54, 1.807) is 14.2 Å². The van der Waals surface area contributed by atoms with Crippen molar-refractivity contribution in [2.45, 2.75) is 43.9 Å². The second kappa shape index (κ2) is 19.9. The first-order valence-electron chi connectivity index (χ1n) is 9.62. The second-order valence-corrected chi connectivity index (χ2v) is 7.72. The summed E-state index contributed by atoms with van der Waals surface area (Å²) < 4.78 is 34.5. The summed E-state index contributed by atoms with van der Waals surface area (Å²) in [4.78, 5) is 5.34. The van der Waals surface area contributed by atoms with Crippen LogP contribution in [0.15, 0.2) is 28.7 Å². The molecule has 0 radical (unpaired) electrons. The molecule has 0 N–H and O–H groups in total. The minimum atomic E-state index is 0. The maximum atomic E-state index is 7.50. The summed E-state index contributed by atoms with van der Waals surface area (Å²) in [6.45, 7) is 17.0. The average molecular weight is 533 g/mol. The molecule has 0 unspecified atom stereocenters. The van der Waals surface area contributed by atoms with Crippen molar-refractivity contribution in [3.63, 3.8) is 0 Å².